The summed E-state index contributed by atoms with van der Waals surface area (Å²) in [6.07, 6.45) is 0. The summed E-state index contributed by atoms with van der Waals surface area (Å²) in [5, 5.41) is 13.6. The Morgan fingerprint density at radius 1 is 1.30 bits per heavy atom. The molecule has 6 nitrogen and oxygen atoms in total. The molecule has 1 fully saturated rings. The van der Waals surface area contributed by atoms with Crippen LogP contribution in [-0.4, -0.2) is 55.9 Å². The average molecular weight is 391 g/mol. The Morgan fingerprint density at radius 2 is 2.04 bits per heavy atom. The predicted molar refractivity (Wildman–Crippen MR) is 104 cm³/mol. The Morgan fingerprint density at radius 3 is 2.74 bits per heavy atom. The maximum Gasteiger partial charge on any atom is 0.255 e. The zero-order chi connectivity index (χ0) is 19.2. The van der Waals surface area contributed by atoms with E-state index in [2.05, 4.69) is 10.2 Å². The number of phenolic OH excluding ortho intramolecular Hbond substituents is 1. The number of methoxy groups -OCH3 is 1. The predicted octanol–water partition coefficient (Wildman–Crippen LogP) is 2.86. The Hall–Kier alpha value is -2.28. The second-order valence-corrected chi connectivity index (χ2v) is 6.69. The van der Waals surface area contributed by atoms with Crippen LogP contribution in [0.2, 0.25) is 5.02 Å². The van der Waals surface area contributed by atoms with Gasteiger partial charge in [0.2, 0.25) is 0 Å². The summed E-state index contributed by atoms with van der Waals surface area (Å²) in [7, 11) is 1.51. The van der Waals surface area contributed by atoms with Crippen LogP contribution in [0.4, 0.5) is 0 Å². The van der Waals surface area contributed by atoms with Crippen molar-refractivity contribution in [1.82, 2.24) is 10.2 Å². The van der Waals surface area contributed by atoms with Gasteiger partial charge in [0.05, 0.1) is 31.9 Å². The molecule has 3 rings (SSSR count). The van der Waals surface area contributed by atoms with Gasteiger partial charge in [-0.1, -0.05) is 29.8 Å². The molecule has 2 aromatic carbocycles. The molecule has 0 spiro atoms. The van der Waals surface area contributed by atoms with Crippen molar-refractivity contribution in [3.8, 4) is 11.5 Å². The van der Waals surface area contributed by atoms with E-state index in [1.165, 1.54) is 19.2 Å². The highest BCUT2D eigenvalue weighted by Gasteiger charge is 2.25. The number of hydrogen-bond acceptors (Lipinski definition) is 5. The summed E-state index contributed by atoms with van der Waals surface area (Å²) >= 11 is 6.41. The molecule has 1 aliphatic rings. The number of aromatic hydroxyl groups is 1. The maximum atomic E-state index is 12.6. The van der Waals surface area contributed by atoms with Crippen molar-refractivity contribution in [3.63, 3.8) is 0 Å². The van der Waals surface area contributed by atoms with Gasteiger partial charge in [-0.25, -0.2) is 0 Å². The van der Waals surface area contributed by atoms with Crippen LogP contribution >= 0.6 is 11.6 Å². The van der Waals surface area contributed by atoms with Gasteiger partial charge in [0, 0.05) is 24.7 Å². The Balaban J connectivity index is 1.78. The third kappa shape index (κ3) is 4.71. The standard InChI is InChI=1S/C20H23ClN2O4/c1-26-14-6-7-19(24)16(12-14)20(25)22-13-18(23-8-10-27-11-9-23)15-4-2-3-5-17(15)21/h2-7,12,18,24H,8-11,13H2,1H3,(H,22,25). The number of ether oxygens (including phenoxy) is 2. The Labute approximate surface area is 163 Å². The second-order valence-electron chi connectivity index (χ2n) is 6.28. The molecule has 1 heterocycles. The molecule has 0 radical (unpaired) electrons. The van der Waals surface area contributed by atoms with Crippen LogP contribution in [0, 0.1) is 0 Å². The summed E-state index contributed by atoms with van der Waals surface area (Å²) in [6, 6.07) is 12.1. The summed E-state index contributed by atoms with van der Waals surface area (Å²) in [6.45, 7) is 3.17. The van der Waals surface area contributed by atoms with Crippen molar-refractivity contribution in [2.45, 2.75) is 6.04 Å². The van der Waals surface area contributed by atoms with E-state index in [0.717, 1.165) is 18.7 Å². The number of amides is 1. The van der Waals surface area contributed by atoms with Crippen LogP contribution in [0.3, 0.4) is 0 Å². The van der Waals surface area contributed by atoms with Crippen molar-refractivity contribution in [2.75, 3.05) is 40.0 Å². The molecular weight excluding hydrogens is 368 g/mol. The van der Waals surface area contributed by atoms with Crippen LogP contribution < -0.4 is 10.1 Å². The minimum Gasteiger partial charge on any atom is -0.507 e. The van der Waals surface area contributed by atoms with E-state index >= 15 is 0 Å². The quantitative estimate of drug-likeness (QED) is 0.793. The lowest BCUT2D eigenvalue weighted by atomic mass is 10.0. The maximum absolute atomic E-state index is 12.6. The summed E-state index contributed by atoms with van der Waals surface area (Å²) in [5.41, 5.74) is 1.13. The second kappa shape index (κ2) is 9.08. The number of carbonyl (C=O) groups is 1. The number of morpholine rings is 1. The molecule has 144 valence electrons. The van der Waals surface area contributed by atoms with Gasteiger partial charge in [0.1, 0.15) is 11.5 Å². The molecule has 1 amide bonds. The zero-order valence-electron chi connectivity index (χ0n) is 15.2. The van der Waals surface area contributed by atoms with Crippen LogP contribution in [0.1, 0.15) is 22.0 Å². The van der Waals surface area contributed by atoms with Gasteiger partial charge >= 0.3 is 0 Å². The molecule has 0 aromatic heterocycles. The average Bonchev–Trinajstić information content (AvgIpc) is 2.70. The van der Waals surface area contributed by atoms with E-state index in [0.29, 0.717) is 30.5 Å². The van der Waals surface area contributed by atoms with E-state index in [1.807, 2.05) is 24.3 Å². The molecule has 0 aliphatic carbocycles. The van der Waals surface area contributed by atoms with Gasteiger partial charge in [-0.2, -0.15) is 0 Å². The topological polar surface area (TPSA) is 71.0 Å². The third-order valence-electron chi connectivity index (χ3n) is 4.65. The largest absolute Gasteiger partial charge is 0.507 e. The highest BCUT2D eigenvalue weighted by atomic mass is 35.5. The molecular formula is C20H23ClN2O4. The number of benzene rings is 2. The van der Waals surface area contributed by atoms with Gasteiger partial charge in [0.15, 0.2) is 0 Å². The first kappa shape index (κ1) is 19.5. The number of rotatable bonds is 6. The zero-order valence-corrected chi connectivity index (χ0v) is 15.9. The van der Waals surface area contributed by atoms with Crippen molar-refractivity contribution in [2.24, 2.45) is 0 Å². The van der Waals surface area contributed by atoms with Gasteiger partial charge < -0.3 is 19.9 Å². The van der Waals surface area contributed by atoms with Crippen LogP contribution in [0.25, 0.3) is 0 Å². The molecule has 7 heteroatoms. The summed E-state index contributed by atoms with van der Waals surface area (Å²) < 4.78 is 10.6. The van der Waals surface area contributed by atoms with E-state index in [1.54, 1.807) is 6.07 Å². The summed E-state index contributed by atoms with van der Waals surface area (Å²) in [5.74, 6) is 0.0551. The smallest absolute Gasteiger partial charge is 0.255 e. The SMILES string of the molecule is COc1ccc(O)c(C(=O)NCC(c2ccccc2Cl)N2CCOCC2)c1. The van der Waals surface area contributed by atoms with E-state index in [4.69, 9.17) is 21.1 Å². The number of nitrogens with one attached hydrogen (secondary N) is 1. The van der Waals surface area contributed by atoms with E-state index in [9.17, 15) is 9.90 Å². The molecule has 0 saturated carbocycles. The minimum absolute atomic E-state index is 0.0840. The molecule has 2 N–H and O–H groups in total. The van der Waals surface area contributed by atoms with Gasteiger partial charge in [-0.05, 0) is 29.8 Å². The van der Waals surface area contributed by atoms with Gasteiger partial charge in [0.25, 0.3) is 5.91 Å². The highest BCUT2D eigenvalue weighted by molar-refractivity contribution is 6.31. The van der Waals surface area contributed by atoms with Crippen molar-refractivity contribution in [1.29, 1.82) is 0 Å². The number of nitrogens with zero attached hydrogens (tertiary/aromatic N) is 1. The highest BCUT2D eigenvalue weighted by Crippen LogP contribution is 2.28. The molecule has 27 heavy (non-hydrogen) atoms. The normalized spacial score (nSPS) is 15.9. The van der Waals surface area contributed by atoms with Crippen molar-refractivity contribution in [3.05, 3.63) is 58.6 Å². The number of carbonyl (C=O) groups excluding carboxylic acids is 1. The number of halogens is 1. The van der Waals surface area contributed by atoms with Crippen molar-refractivity contribution < 1.29 is 19.4 Å². The summed E-state index contributed by atoms with van der Waals surface area (Å²) in [4.78, 5) is 14.9. The Kier molecular flexibility index (Phi) is 6.55. The van der Waals surface area contributed by atoms with Crippen LogP contribution in [-0.2, 0) is 4.74 Å². The lowest BCUT2D eigenvalue weighted by Crippen LogP contribution is -2.44. The van der Waals surface area contributed by atoms with E-state index < -0.39 is 0 Å². The van der Waals surface area contributed by atoms with Crippen LogP contribution in [0.15, 0.2) is 42.5 Å². The molecule has 1 aliphatic heterocycles. The van der Waals surface area contributed by atoms with Crippen LogP contribution in [0.5, 0.6) is 11.5 Å². The third-order valence-corrected chi connectivity index (χ3v) is 5.00. The lowest BCUT2D eigenvalue weighted by molar-refractivity contribution is 0.0162. The molecule has 2 aromatic rings. The molecule has 1 unspecified atom stereocenters. The van der Waals surface area contributed by atoms with E-state index in [-0.39, 0.29) is 23.3 Å². The molecule has 1 saturated heterocycles. The first-order valence-electron chi connectivity index (χ1n) is 8.81. The van der Waals surface area contributed by atoms with Gasteiger partial charge in [-0.3, -0.25) is 9.69 Å². The van der Waals surface area contributed by atoms with Gasteiger partial charge in [-0.15, -0.1) is 0 Å². The first-order valence-corrected chi connectivity index (χ1v) is 9.19. The first-order chi connectivity index (χ1) is 13.1. The number of hydrogen-bond donors (Lipinski definition) is 2. The lowest BCUT2D eigenvalue weighted by Gasteiger charge is -2.35. The molecule has 0 bridgehead atoms. The fraction of sp³-hybridized carbons (Fsp3) is 0.350. The molecule has 1 atom stereocenters. The number of phenols is 1. The Bertz CT molecular complexity index is 793. The fourth-order valence-corrected chi connectivity index (χ4v) is 3.44. The van der Waals surface area contributed by atoms with Crippen molar-refractivity contribution >= 4 is 17.5 Å². The minimum atomic E-state index is -0.364. The fourth-order valence-electron chi connectivity index (χ4n) is 3.18. The monoisotopic (exact) mass is 390 g/mol.